The number of carbonyl (C=O) groups excluding carboxylic acids is 2. The van der Waals surface area contributed by atoms with Gasteiger partial charge in [-0.1, -0.05) is 225 Å². The fourth-order valence-corrected chi connectivity index (χ4v) is 8.29. The number of likely N-dealkylation sites (N-methyl/N-ethyl adjacent to an activating group) is 1. The van der Waals surface area contributed by atoms with E-state index in [1.165, 1.54) is 77.0 Å². The maximum Gasteiger partial charge on any atom is 0.306 e. The quantitative estimate of drug-likeness (QED) is 0.0195. The molecule has 76 heavy (non-hydrogen) atoms. The minimum atomic E-state index is -4.66. The van der Waals surface area contributed by atoms with E-state index in [4.69, 9.17) is 18.5 Å². The van der Waals surface area contributed by atoms with E-state index in [0.29, 0.717) is 23.9 Å². The van der Waals surface area contributed by atoms with Crippen molar-refractivity contribution in [2.45, 2.75) is 225 Å². The van der Waals surface area contributed by atoms with Crippen molar-refractivity contribution >= 4 is 19.8 Å². The number of hydrogen-bond donors (Lipinski definition) is 0. The molecule has 0 fully saturated rings. The highest BCUT2D eigenvalue weighted by Crippen LogP contribution is 2.38. The van der Waals surface area contributed by atoms with E-state index in [1.807, 2.05) is 21.1 Å². The molecule has 0 saturated carbocycles. The molecule has 0 aromatic rings. The van der Waals surface area contributed by atoms with Gasteiger partial charge in [0.1, 0.15) is 19.8 Å². The Bertz CT molecular complexity index is 1740. The number of carbonyl (C=O) groups is 2. The number of unbranched alkanes of at least 4 members (excludes halogenated alkanes) is 17. The highest BCUT2D eigenvalue weighted by Gasteiger charge is 2.21. The van der Waals surface area contributed by atoms with Crippen molar-refractivity contribution in [3.8, 4) is 0 Å². The lowest BCUT2D eigenvalue weighted by Crippen LogP contribution is -2.37. The molecule has 0 aliphatic heterocycles. The number of phosphoric ester groups is 1. The highest BCUT2D eigenvalue weighted by atomic mass is 31.2. The van der Waals surface area contributed by atoms with Crippen LogP contribution < -0.4 is 4.89 Å². The summed E-state index contributed by atoms with van der Waals surface area (Å²) in [5.41, 5.74) is 0. The lowest BCUT2D eigenvalue weighted by atomic mass is 10.1. The number of phosphoric acid groups is 1. The molecule has 0 heterocycles. The lowest BCUT2D eigenvalue weighted by molar-refractivity contribution is -0.870. The van der Waals surface area contributed by atoms with Crippen molar-refractivity contribution in [3.05, 3.63) is 134 Å². The van der Waals surface area contributed by atoms with Crippen molar-refractivity contribution in [2.24, 2.45) is 0 Å². The zero-order valence-electron chi connectivity index (χ0n) is 48.9. The van der Waals surface area contributed by atoms with Crippen LogP contribution in [0.4, 0.5) is 0 Å². The molecule has 0 rings (SSSR count). The number of esters is 2. The summed E-state index contributed by atoms with van der Waals surface area (Å²) in [5, 5.41) is 0. The zero-order valence-corrected chi connectivity index (χ0v) is 49.8. The largest absolute Gasteiger partial charge is 0.756 e. The smallest absolute Gasteiger partial charge is 0.306 e. The van der Waals surface area contributed by atoms with Crippen LogP contribution in [0.25, 0.3) is 0 Å². The Morgan fingerprint density at radius 3 is 1.14 bits per heavy atom. The van der Waals surface area contributed by atoms with Gasteiger partial charge in [-0.25, -0.2) is 0 Å². The summed E-state index contributed by atoms with van der Waals surface area (Å²) in [5.74, 6) is -0.898. The number of nitrogens with zero attached hydrogens (tertiary/aromatic N) is 1. The van der Waals surface area contributed by atoms with Gasteiger partial charge in [-0.05, 0) is 116 Å². The van der Waals surface area contributed by atoms with E-state index >= 15 is 0 Å². The van der Waals surface area contributed by atoms with Gasteiger partial charge < -0.3 is 27.9 Å². The van der Waals surface area contributed by atoms with Gasteiger partial charge in [0.25, 0.3) is 7.82 Å². The molecular formula is C66H110NO8P. The molecule has 9 nitrogen and oxygen atoms in total. The number of ether oxygens (including phenoxy) is 2. The van der Waals surface area contributed by atoms with E-state index in [-0.39, 0.29) is 26.1 Å². The molecular weight excluding hydrogens is 966 g/mol. The van der Waals surface area contributed by atoms with Crippen molar-refractivity contribution in [3.63, 3.8) is 0 Å². The van der Waals surface area contributed by atoms with Crippen molar-refractivity contribution in [2.75, 3.05) is 47.5 Å². The molecule has 10 heteroatoms. The van der Waals surface area contributed by atoms with E-state index < -0.39 is 32.5 Å². The molecule has 2 atom stereocenters. The maximum absolute atomic E-state index is 12.8. The summed E-state index contributed by atoms with van der Waals surface area (Å²) in [4.78, 5) is 37.9. The van der Waals surface area contributed by atoms with Crippen LogP contribution in [-0.2, 0) is 32.7 Å². The molecule has 0 N–H and O–H groups in total. The lowest BCUT2D eigenvalue weighted by Gasteiger charge is -2.28. The Morgan fingerprint density at radius 1 is 0.421 bits per heavy atom. The molecule has 2 unspecified atom stereocenters. The second-order valence-corrected chi connectivity index (χ2v) is 22.0. The molecule has 432 valence electrons. The second kappa shape index (κ2) is 55.9. The van der Waals surface area contributed by atoms with Crippen LogP contribution in [0.15, 0.2) is 134 Å². The van der Waals surface area contributed by atoms with Gasteiger partial charge in [0.2, 0.25) is 0 Å². The number of quaternary nitrogens is 1. The third kappa shape index (κ3) is 59.4. The first-order valence-electron chi connectivity index (χ1n) is 29.9. The summed E-state index contributed by atoms with van der Waals surface area (Å²) < 4.78 is 34.1. The predicted octanol–water partition coefficient (Wildman–Crippen LogP) is 18.3. The molecule has 0 aromatic carbocycles. The van der Waals surface area contributed by atoms with E-state index in [0.717, 1.165) is 103 Å². The maximum atomic E-state index is 12.8. The minimum absolute atomic E-state index is 0.0480. The van der Waals surface area contributed by atoms with Gasteiger partial charge in [-0.2, -0.15) is 0 Å². The molecule has 0 spiro atoms. The Kier molecular flexibility index (Phi) is 53.1. The molecule has 0 aromatic heterocycles. The monoisotopic (exact) mass is 1080 g/mol. The fourth-order valence-electron chi connectivity index (χ4n) is 7.56. The molecule has 0 radical (unpaired) electrons. The SMILES string of the molecule is CC/C=C\C/C=C\C/C=C\C/C=C\C/C=C\C/C=C\C/C=C\C/C=C\CCCCC(=O)OC(COC(=O)CCCCCCCCCCCC/C=C\C/C=C\C/C=C\CCCCCCC)COP(=O)([O-])OCC[N+](C)(C)C. The Hall–Kier alpha value is -3.85. The Morgan fingerprint density at radius 2 is 0.750 bits per heavy atom. The Labute approximate surface area is 466 Å². The van der Waals surface area contributed by atoms with Gasteiger partial charge in [0, 0.05) is 12.8 Å². The number of rotatable bonds is 53. The van der Waals surface area contributed by atoms with Crippen LogP contribution in [-0.4, -0.2) is 70.0 Å². The topological polar surface area (TPSA) is 111 Å². The van der Waals surface area contributed by atoms with Gasteiger partial charge in [-0.3, -0.25) is 14.2 Å². The van der Waals surface area contributed by atoms with Crippen LogP contribution in [0.5, 0.6) is 0 Å². The van der Waals surface area contributed by atoms with E-state index in [2.05, 4.69) is 148 Å². The van der Waals surface area contributed by atoms with Crippen LogP contribution >= 0.6 is 7.82 Å². The number of allylic oxidation sites excluding steroid dienone is 22. The van der Waals surface area contributed by atoms with Gasteiger partial charge in [0.05, 0.1) is 27.7 Å². The summed E-state index contributed by atoms with van der Waals surface area (Å²) in [6, 6.07) is 0. The molecule has 0 saturated heterocycles. The summed E-state index contributed by atoms with van der Waals surface area (Å²) in [6.07, 6.45) is 80.7. The van der Waals surface area contributed by atoms with Gasteiger partial charge in [-0.15, -0.1) is 0 Å². The van der Waals surface area contributed by atoms with Crippen LogP contribution in [0.1, 0.15) is 219 Å². The summed E-state index contributed by atoms with van der Waals surface area (Å²) in [6.45, 7) is 4.04. The average molecular weight is 1080 g/mol. The van der Waals surface area contributed by atoms with Gasteiger partial charge >= 0.3 is 11.9 Å². The van der Waals surface area contributed by atoms with E-state index in [9.17, 15) is 19.0 Å². The first kappa shape index (κ1) is 72.2. The predicted molar refractivity (Wildman–Crippen MR) is 323 cm³/mol. The van der Waals surface area contributed by atoms with Crippen LogP contribution in [0.2, 0.25) is 0 Å². The fraction of sp³-hybridized carbons (Fsp3) is 0.636. The summed E-state index contributed by atoms with van der Waals surface area (Å²) >= 11 is 0. The highest BCUT2D eigenvalue weighted by molar-refractivity contribution is 7.45. The van der Waals surface area contributed by atoms with E-state index in [1.54, 1.807) is 0 Å². The zero-order chi connectivity index (χ0) is 55.6. The first-order chi connectivity index (χ1) is 37.0. The Balaban J connectivity index is 4.30. The molecule has 0 aliphatic carbocycles. The number of hydrogen-bond acceptors (Lipinski definition) is 8. The third-order valence-electron chi connectivity index (χ3n) is 12.2. The van der Waals surface area contributed by atoms with Gasteiger partial charge in [0.15, 0.2) is 6.10 Å². The van der Waals surface area contributed by atoms with Crippen molar-refractivity contribution < 1.29 is 42.1 Å². The first-order valence-corrected chi connectivity index (χ1v) is 31.4. The van der Waals surface area contributed by atoms with Crippen LogP contribution in [0, 0.1) is 0 Å². The van der Waals surface area contributed by atoms with Crippen molar-refractivity contribution in [1.82, 2.24) is 0 Å². The van der Waals surface area contributed by atoms with Crippen LogP contribution in [0.3, 0.4) is 0 Å². The second-order valence-electron chi connectivity index (χ2n) is 20.6. The average Bonchev–Trinajstić information content (AvgIpc) is 3.38. The molecule has 0 aliphatic rings. The minimum Gasteiger partial charge on any atom is -0.756 e. The molecule has 0 bridgehead atoms. The summed E-state index contributed by atoms with van der Waals surface area (Å²) in [7, 11) is 1.11. The van der Waals surface area contributed by atoms with Crippen molar-refractivity contribution in [1.29, 1.82) is 0 Å². The standard InChI is InChI=1S/C66H110NO8P/c1-6-8-10-12-14-16-18-20-22-24-26-28-30-32-33-35-37-39-41-43-45-47-49-51-53-55-57-59-66(69)75-64(63-74-76(70,71)73-61-60-67(3,4)5)62-72-65(68)58-56-54-52-50-48-46-44-42-40-38-36-34-31-29-27-25-23-21-19-17-15-13-11-9-7-2/h8,10,14,16,19-22,25-28,31-34,37,39,43,45,49,51,64H,6-7,9,11-13,15,17-18,23-24,29-30,35-36,38,40-42,44,46-48,50,52-63H2,1-5H3/b10-8-,16-14-,21-19-,22-20-,27-25-,28-26-,33-32-,34-31-,39-37-,45-43-,51-49-. The normalized spacial score (nSPS) is 14.2. The molecule has 0 amide bonds. The third-order valence-corrected chi connectivity index (χ3v) is 13.1.